The van der Waals surface area contributed by atoms with Crippen LogP contribution in [0.25, 0.3) is 0 Å². The molecule has 2 amide bonds. The Morgan fingerprint density at radius 2 is 2.12 bits per heavy atom. The number of esters is 1. The van der Waals surface area contributed by atoms with Crippen LogP contribution in [0.5, 0.6) is 0 Å². The lowest BCUT2D eigenvalue weighted by Crippen LogP contribution is -2.48. The largest absolute Gasteiger partial charge is 0.451 e. The molecular formula is C18H22N2O4S. The number of hydrogen-bond donors (Lipinski definition) is 1. The van der Waals surface area contributed by atoms with Gasteiger partial charge in [-0.25, -0.2) is 4.79 Å². The van der Waals surface area contributed by atoms with Crippen LogP contribution in [0.15, 0.2) is 24.3 Å². The summed E-state index contributed by atoms with van der Waals surface area (Å²) in [7, 11) is 0. The highest BCUT2D eigenvalue weighted by Gasteiger charge is 2.53. The van der Waals surface area contributed by atoms with E-state index in [9.17, 15) is 14.4 Å². The van der Waals surface area contributed by atoms with Gasteiger partial charge < -0.3 is 15.0 Å². The van der Waals surface area contributed by atoms with Gasteiger partial charge in [0.05, 0.1) is 4.87 Å². The Hall–Kier alpha value is -2.02. The van der Waals surface area contributed by atoms with Crippen molar-refractivity contribution in [3.05, 3.63) is 29.8 Å². The average Bonchev–Trinajstić information content (AvgIpc) is 3.06. The molecule has 3 atom stereocenters. The van der Waals surface area contributed by atoms with Gasteiger partial charge in [-0.2, -0.15) is 0 Å². The number of rotatable bonds is 4. The first-order valence-electron chi connectivity index (χ1n) is 8.35. The molecule has 0 spiro atoms. The first-order valence-corrected chi connectivity index (χ1v) is 9.33. The summed E-state index contributed by atoms with van der Waals surface area (Å²) in [4.78, 5) is 38.2. The van der Waals surface area contributed by atoms with Crippen LogP contribution < -0.4 is 5.32 Å². The zero-order valence-corrected chi connectivity index (χ0v) is 15.4. The third kappa shape index (κ3) is 3.38. The fraction of sp³-hybridized carbons (Fsp3) is 0.500. The Bertz CT molecular complexity index is 723. The van der Waals surface area contributed by atoms with Crippen LogP contribution in [0.1, 0.15) is 32.3 Å². The second-order valence-electron chi connectivity index (χ2n) is 6.65. The number of para-hydroxylation sites is 1. The molecule has 2 saturated heterocycles. The highest BCUT2D eigenvalue weighted by molar-refractivity contribution is 8.01. The Balaban J connectivity index is 1.62. The Morgan fingerprint density at radius 1 is 1.40 bits per heavy atom. The van der Waals surface area contributed by atoms with E-state index in [4.69, 9.17) is 4.74 Å². The summed E-state index contributed by atoms with van der Waals surface area (Å²) in [5.74, 6) is -0.415. The van der Waals surface area contributed by atoms with Crippen LogP contribution in [-0.4, -0.2) is 45.5 Å². The van der Waals surface area contributed by atoms with E-state index in [1.54, 1.807) is 29.7 Å². The molecule has 1 aromatic carbocycles. The lowest BCUT2D eigenvalue weighted by molar-refractivity contribution is -0.160. The molecule has 1 aromatic rings. The van der Waals surface area contributed by atoms with Gasteiger partial charge in [0.25, 0.3) is 5.91 Å². The summed E-state index contributed by atoms with van der Waals surface area (Å²) >= 11 is 1.60. The normalized spacial score (nSPS) is 26.3. The standard InChI is InChI=1S/C18H22N2O4S/c1-11-6-4-5-7-13(11)19-16(22)12(2)24-17(23)14-10-25-18(3)9-8-15(21)20(14)18/h4-7,12,14H,8-10H2,1-3H3,(H,19,22)/t12-,14+,18+/m1/s1. The van der Waals surface area contributed by atoms with E-state index >= 15 is 0 Å². The van der Waals surface area contributed by atoms with E-state index in [0.717, 1.165) is 12.0 Å². The van der Waals surface area contributed by atoms with Crippen LogP contribution in [0.2, 0.25) is 0 Å². The molecule has 0 radical (unpaired) electrons. The molecule has 6 nitrogen and oxygen atoms in total. The summed E-state index contributed by atoms with van der Waals surface area (Å²) in [6.45, 7) is 5.41. The number of benzene rings is 1. The number of ether oxygens (including phenoxy) is 1. The molecule has 2 aliphatic heterocycles. The van der Waals surface area contributed by atoms with Crippen molar-refractivity contribution in [2.75, 3.05) is 11.1 Å². The number of hydrogen-bond acceptors (Lipinski definition) is 5. The monoisotopic (exact) mass is 362 g/mol. The van der Waals surface area contributed by atoms with Crippen molar-refractivity contribution in [3.8, 4) is 0 Å². The van der Waals surface area contributed by atoms with Gasteiger partial charge in [-0.05, 0) is 38.8 Å². The number of thioether (sulfide) groups is 1. The lowest BCUT2D eigenvalue weighted by Gasteiger charge is -2.29. The van der Waals surface area contributed by atoms with Crippen LogP contribution in [0, 0.1) is 6.92 Å². The van der Waals surface area contributed by atoms with Crippen molar-refractivity contribution in [1.29, 1.82) is 0 Å². The number of amides is 2. The first-order chi connectivity index (χ1) is 11.8. The fourth-order valence-corrected chi connectivity index (χ4v) is 4.67. The molecule has 7 heteroatoms. The molecule has 134 valence electrons. The van der Waals surface area contributed by atoms with Crippen LogP contribution >= 0.6 is 11.8 Å². The van der Waals surface area contributed by atoms with Crippen molar-refractivity contribution in [2.24, 2.45) is 0 Å². The van der Waals surface area contributed by atoms with Gasteiger partial charge in [-0.3, -0.25) is 9.59 Å². The third-order valence-corrected chi connectivity index (χ3v) is 6.29. The van der Waals surface area contributed by atoms with Crippen molar-refractivity contribution in [2.45, 2.75) is 50.6 Å². The van der Waals surface area contributed by atoms with E-state index in [0.29, 0.717) is 17.9 Å². The smallest absolute Gasteiger partial charge is 0.330 e. The van der Waals surface area contributed by atoms with Crippen LogP contribution in [-0.2, 0) is 19.1 Å². The maximum absolute atomic E-state index is 12.5. The Morgan fingerprint density at radius 3 is 2.84 bits per heavy atom. The van der Waals surface area contributed by atoms with Crippen LogP contribution in [0.4, 0.5) is 5.69 Å². The molecule has 3 rings (SSSR count). The molecule has 2 fully saturated rings. The van der Waals surface area contributed by atoms with E-state index in [-0.39, 0.29) is 16.7 Å². The number of fused-ring (bicyclic) bond motifs is 1. The fourth-order valence-electron chi connectivity index (χ4n) is 3.25. The van der Waals surface area contributed by atoms with Gasteiger partial charge in [0, 0.05) is 17.9 Å². The Labute approximate surface area is 151 Å². The maximum Gasteiger partial charge on any atom is 0.330 e. The SMILES string of the molecule is Cc1ccccc1NC(=O)[C@@H](C)OC(=O)[C@@H]1CS[C@@]2(C)CCC(=O)N12. The number of aryl methyl sites for hydroxylation is 1. The molecule has 0 bridgehead atoms. The average molecular weight is 362 g/mol. The molecule has 2 heterocycles. The number of nitrogens with one attached hydrogen (secondary N) is 1. The molecule has 0 saturated carbocycles. The highest BCUT2D eigenvalue weighted by atomic mass is 32.2. The Kier molecular flexibility index (Phi) is 4.77. The van der Waals surface area contributed by atoms with E-state index in [1.165, 1.54) is 0 Å². The first kappa shape index (κ1) is 17.8. The molecule has 0 aliphatic carbocycles. The zero-order valence-electron chi connectivity index (χ0n) is 14.6. The molecule has 0 unspecified atom stereocenters. The number of nitrogens with zero attached hydrogens (tertiary/aromatic N) is 1. The maximum atomic E-state index is 12.5. The lowest BCUT2D eigenvalue weighted by atomic mass is 10.2. The highest BCUT2D eigenvalue weighted by Crippen LogP contribution is 2.47. The summed E-state index contributed by atoms with van der Waals surface area (Å²) in [5.41, 5.74) is 1.62. The van der Waals surface area contributed by atoms with Gasteiger partial charge in [0.15, 0.2) is 6.10 Å². The molecular weight excluding hydrogens is 340 g/mol. The minimum atomic E-state index is -0.929. The minimum absolute atomic E-state index is 0.0218. The van der Waals surface area contributed by atoms with E-state index in [1.807, 2.05) is 32.0 Å². The summed E-state index contributed by atoms with van der Waals surface area (Å²) in [6, 6.07) is 6.79. The topological polar surface area (TPSA) is 75.7 Å². The summed E-state index contributed by atoms with van der Waals surface area (Å²) in [5, 5.41) is 2.77. The number of carbonyl (C=O) groups is 3. The molecule has 25 heavy (non-hydrogen) atoms. The second-order valence-corrected chi connectivity index (χ2v) is 8.15. The van der Waals surface area contributed by atoms with Gasteiger partial charge in [0.2, 0.25) is 5.91 Å². The second kappa shape index (κ2) is 6.71. The number of carbonyl (C=O) groups excluding carboxylic acids is 3. The minimum Gasteiger partial charge on any atom is -0.451 e. The predicted octanol–water partition coefficient (Wildman–Crippen LogP) is 2.32. The zero-order chi connectivity index (χ0) is 18.2. The van der Waals surface area contributed by atoms with Crippen molar-refractivity contribution < 1.29 is 19.1 Å². The van der Waals surface area contributed by atoms with Gasteiger partial charge >= 0.3 is 5.97 Å². The predicted molar refractivity (Wildman–Crippen MR) is 96.1 cm³/mol. The summed E-state index contributed by atoms with van der Waals surface area (Å²) in [6.07, 6.45) is 0.266. The van der Waals surface area contributed by atoms with Crippen molar-refractivity contribution in [3.63, 3.8) is 0 Å². The van der Waals surface area contributed by atoms with Crippen LogP contribution in [0.3, 0.4) is 0 Å². The molecule has 2 aliphatic rings. The van der Waals surface area contributed by atoms with E-state index < -0.39 is 18.1 Å². The number of anilines is 1. The van der Waals surface area contributed by atoms with Crippen molar-refractivity contribution in [1.82, 2.24) is 4.90 Å². The quantitative estimate of drug-likeness (QED) is 0.832. The van der Waals surface area contributed by atoms with Gasteiger partial charge in [-0.1, -0.05) is 18.2 Å². The van der Waals surface area contributed by atoms with E-state index in [2.05, 4.69) is 5.32 Å². The third-order valence-electron chi connectivity index (χ3n) is 4.78. The van der Waals surface area contributed by atoms with Gasteiger partial charge in [0.1, 0.15) is 6.04 Å². The van der Waals surface area contributed by atoms with Gasteiger partial charge in [-0.15, -0.1) is 11.8 Å². The molecule has 0 aromatic heterocycles. The summed E-state index contributed by atoms with van der Waals surface area (Å²) < 4.78 is 5.35. The molecule has 1 N–H and O–H groups in total. The van der Waals surface area contributed by atoms with Crippen molar-refractivity contribution >= 4 is 35.2 Å².